The Morgan fingerprint density at radius 3 is 1.50 bits per heavy atom. The van der Waals surface area contributed by atoms with E-state index < -0.39 is 17.8 Å². The van der Waals surface area contributed by atoms with Crippen molar-refractivity contribution < 1.29 is 39.2 Å². The zero-order valence-corrected chi connectivity index (χ0v) is 25.1. The van der Waals surface area contributed by atoms with Gasteiger partial charge in [0.15, 0.2) is 0 Å². The van der Waals surface area contributed by atoms with Gasteiger partial charge < -0.3 is 30.1 Å². The van der Waals surface area contributed by atoms with E-state index >= 15 is 0 Å². The summed E-state index contributed by atoms with van der Waals surface area (Å²) >= 11 is 0. The average molecular weight is 618 g/mol. The molecule has 0 fully saturated rings. The van der Waals surface area contributed by atoms with Gasteiger partial charge in [0.25, 0.3) is 5.91 Å². The van der Waals surface area contributed by atoms with Crippen molar-refractivity contribution in [2.45, 2.75) is 13.2 Å². The maximum Gasteiger partial charge on any atom is 0.335 e. The number of amides is 1. The Hall–Kier alpha value is -5.93. The number of aliphatic hydroxyl groups is 1. The largest absolute Gasteiger partial charge is 0.496 e. The Balaban J connectivity index is 1.50. The van der Waals surface area contributed by atoms with Gasteiger partial charge in [-0.15, -0.1) is 0 Å². The first-order valence-corrected chi connectivity index (χ1v) is 14.3. The first kappa shape index (κ1) is 31.5. The fourth-order valence-corrected chi connectivity index (χ4v) is 5.20. The highest BCUT2D eigenvalue weighted by molar-refractivity contribution is 6.00. The molecule has 0 spiro atoms. The molecule has 0 aliphatic carbocycles. The minimum absolute atomic E-state index is 0.141. The second-order valence-electron chi connectivity index (χ2n) is 10.4. The van der Waals surface area contributed by atoms with Gasteiger partial charge >= 0.3 is 11.9 Å². The molecule has 0 aliphatic rings. The van der Waals surface area contributed by atoms with Crippen LogP contribution in [0.2, 0.25) is 0 Å². The minimum Gasteiger partial charge on any atom is -0.496 e. The predicted octanol–water partition coefficient (Wildman–Crippen LogP) is 6.52. The van der Waals surface area contributed by atoms with Gasteiger partial charge in [-0.1, -0.05) is 60.7 Å². The number of aliphatic hydroxyl groups excluding tert-OH is 1. The van der Waals surface area contributed by atoms with Gasteiger partial charge in [0.05, 0.1) is 32.0 Å². The predicted molar refractivity (Wildman–Crippen MR) is 173 cm³/mol. The summed E-state index contributed by atoms with van der Waals surface area (Å²) in [6.07, 6.45) is 0. The number of rotatable bonds is 11. The molecule has 0 atom stereocenters. The monoisotopic (exact) mass is 617 g/mol. The molecular weight excluding hydrogens is 586 g/mol. The van der Waals surface area contributed by atoms with Crippen LogP contribution in [0.5, 0.6) is 11.5 Å². The van der Waals surface area contributed by atoms with E-state index in [0.717, 1.165) is 38.9 Å². The van der Waals surface area contributed by atoms with Crippen molar-refractivity contribution in [2.24, 2.45) is 0 Å². The van der Waals surface area contributed by atoms with Gasteiger partial charge in [0.1, 0.15) is 17.1 Å². The van der Waals surface area contributed by atoms with Crippen LogP contribution >= 0.6 is 0 Å². The number of hydrogen-bond acceptors (Lipinski definition) is 6. The van der Waals surface area contributed by atoms with Crippen LogP contribution in [0.1, 0.15) is 42.2 Å². The lowest BCUT2D eigenvalue weighted by atomic mass is 9.93. The van der Waals surface area contributed by atoms with E-state index in [4.69, 9.17) is 9.47 Å². The molecule has 0 saturated carbocycles. The van der Waals surface area contributed by atoms with E-state index in [9.17, 15) is 29.7 Å². The lowest BCUT2D eigenvalue weighted by Crippen LogP contribution is -2.24. The van der Waals surface area contributed by atoms with E-state index in [1.165, 1.54) is 14.2 Å². The second-order valence-corrected chi connectivity index (χ2v) is 10.4. The molecule has 5 rings (SSSR count). The van der Waals surface area contributed by atoms with E-state index in [-0.39, 0.29) is 41.3 Å². The molecule has 9 heteroatoms. The number of methoxy groups -OCH3 is 2. The number of carbonyl (C=O) groups excluding carboxylic acids is 1. The lowest BCUT2D eigenvalue weighted by Gasteiger charge is -2.17. The summed E-state index contributed by atoms with van der Waals surface area (Å²) in [4.78, 5) is 36.1. The molecular formula is C37H31NO8. The van der Waals surface area contributed by atoms with Gasteiger partial charge in [0.2, 0.25) is 0 Å². The number of ether oxygens (including phenoxy) is 2. The van der Waals surface area contributed by atoms with Crippen LogP contribution in [-0.2, 0) is 13.2 Å². The van der Waals surface area contributed by atoms with Gasteiger partial charge in [-0.05, 0) is 87.0 Å². The number of hydrogen-bond donors (Lipinski definition) is 4. The van der Waals surface area contributed by atoms with Crippen molar-refractivity contribution >= 4 is 17.8 Å². The van der Waals surface area contributed by atoms with Crippen molar-refractivity contribution in [1.82, 2.24) is 5.32 Å². The number of carboxylic acid groups (broad SMARTS) is 2. The van der Waals surface area contributed by atoms with Gasteiger partial charge in [-0.3, -0.25) is 4.79 Å². The summed E-state index contributed by atoms with van der Waals surface area (Å²) in [6.45, 7) is -0.105. The number of carboxylic acids is 2. The van der Waals surface area contributed by atoms with Crippen molar-refractivity contribution in [3.05, 3.63) is 131 Å². The molecule has 1 amide bonds. The molecule has 4 N–H and O–H groups in total. The summed E-state index contributed by atoms with van der Waals surface area (Å²) in [6, 6.07) is 30.1. The van der Waals surface area contributed by atoms with Crippen molar-refractivity contribution in [3.63, 3.8) is 0 Å². The summed E-state index contributed by atoms with van der Waals surface area (Å²) in [5.41, 5.74) is 7.13. The second kappa shape index (κ2) is 13.8. The first-order valence-electron chi connectivity index (χ1n) is 14.3. The van der Waals surface area contributed by atoms with Crippen molar-refractivity contribution in [1.29, 1.82) is 0 Å². The van der Waals surface area contributed by atoms with Crippen molar-refractivity contribution in [3.8, 4) is 44.9 Å². The fourth-order valence-electron chi connectivity index (χ4n) is 5.20. The Bertz CT molecular complexity index is 1870. The number of benzene rings is 5. The Morgan fingerprint density at radius 2 is 1.04 bits per heavy atom. The van der Waals surface area contributed by atoms with Crippen LogP contribution in [0.4, 0.5) is 0 Å². The smallest absolute Gasteiger partial charge is 0.335 e. The van der Waals surface area contributed by atoms with Crippen molar-refractivity contribution in [2.75, 3.05) is 14.2 Å². The molecule has 0 radical (unpaired) electrons. The van der Waals surface area contributed by atoms with Crippen LogP contribution in [-0.4, -0.2) is 47.4 Å². The van der Waals surface area contributed by atoms with Crippen LogP contribution in [0.25, 0.3) is 33.4 Å². The third-order valence-corrected chi connectivity index (χ3v) is 7.65. The van der Waals surface area contributed by atoms with Crippen LogP contribution in [0.3, 0.4) is 0 Å². The molecule has 9 nitrogen and oxygen atoms in total. The van der Waals surface area contributed by atoms with Gasteiger partial charge in [-0.2, -0.15) is 0 Å². The number of aromatic carboxylic acids is 2. The van der Waals surface area contributed by atoms with Gasteiger partial charge in [-0.25, -0.2) is 9.59 Å². The van der Waals surface area contributed by atoms with E-state index in [1.807, 2.05) is 42.5 Å². The molecule has 232 valence electrons. The molecule has 0 saturated heterocycles. The molecule has 5 aromatic rings. The molecule has 0 bridgehead atoms. The lowest BCUT2D eigenvalue weighted by molar-refractivity contribution is 0.0686. The SMILES string of the molecule is COc1cc(CO)cc(OC)c1C(=O)NCc1cc(-c2ccc(C(=O)O)cc2)ccc1-c1ccc(-c2ccc(C(=O)O)cc2)cc1. The van der Waals surface area contributed by atoms with Crippen LogP contribution in [0.15, 0.2) is 103 Å². The topological polar surface area (TPSA) is 142 Å². The van der Waals surface area contributed by atoms with Crippen LogP contribution in [0, 0.1) is 0 Å². The summed E-state index contributed by atoms with van der Waals surface area (Å²) in [5.74, 6) is -1.90. The van der Waals surface area contributed by atoms with E-state index in [1.54, 1.807) is 60.7 Å². The Kier molecular flexibility index (Phi) is 9.44. The molecule has 0 unspecified atom stereocenters. The fraction of sp³-hybridized carbons (Fsp3) is 0.108. The maximum absolute atomic E-state index is 13.5. The molecule has 0 aromatic heterocycles. The standard InChI is InChI=1S/C37H31NO8/c1-45-32-17-22(21-39)18-33(46-2)34(32)35(40)38-20-30-19-29(25-7-13-28(14-8-25)37(43)44)15-16-31(30)26-9-3-23(4-10-26)24-5-11-27(12-6-24)36(41)42/h3-19,39H,20-21H2,1-2H3,(H,38,40)(H,41,42)(H,43,44). The van der Waals surface area contributed by atoms with E-state index in [0.29, 0.717) is 5.56 Å². The third kappa shape index (κ3) is 6.74. The Labute approximate surface area is 265 Å². The summed E-state index contributed by atoms with van der Waals surface area (Å²) < 4.78 is 10.9. The highest BCUT2D eigenvalue weighted by Crippen LogP contribution is 2.33. The summed E-state index contributed by atoms with van der Waals surface area (Å²) in [7, 11) is 2.88. The minimum atomic E-state index is -1.01. The number of nitrogens with one attached hydrogen (secondary N) is 1. The molecule has 5 aromatic carbocycles. The van der Waals surface area contributed by atoms with Crippen LogP contribution < -0.4 is 14.8 Å². The Morgan fingerprint density at radius 1 is 0.609 bits per heavy atom. The quantitative estimate of drug-likeness (QED) is 0.131. The maximum atomic E-state index is 13.5. The van der Waals surface area contributed by atoms with Gasteiger partial charge in [0, 0.05) is 6.54 Å². The first-order chi connectivity index (χ1) is 22.2. The third-order valence-electron chi connectivity index (χ3n) is 7.65. The van der Waals surface area contributed by atoms with E-state index in [2.05, 4.69) is 5.32 Å². The zero-order valence-electron chi connectivity index (χ0n) is 25.1. The highest BCUT2D eigenvalue weighted by atomic mass is 16.5. The zero-order chi connectivity index (χ0) is 32.8. The average Bonchev–Trinajstić information content (AvgIpc) is 3.09. The number of carbonyl (C=O) groups is 3. The normalized spacial score (nSPS) is 10.7. The molecule has 46 heavy (non-hydrogen) atoms. The molecule has 0 heterocycles. The molecule has 0 aliphatic heterocycles. The highest BCUT2D eigenvalue weighted by Gasteiger charge is 2.20. The summed E-state index contributed by atoms with van der Waals surface area (Å²) in [5, 5.41) is 31.1.